The molecule has 3 rings (SSSR count). The third kappa shape index (κ3) is 4.78. The smallest absolute Gasteiger partial charge is 0.228 e. The van der Waals surface area contributed by atoms with Crippen LogP contribution in [-0.2, 0) is 11.2 Å². The van der Waals surface area contributed by atoms with E-state index in [2.05, 4.69) is 10.3 Å². The van der Waals surface area contributed by atoms with Crippen molar-refractivity contribution in [1.29, 1.82) is 0 Å². The van der Waals surface area contributed by atoms with Crippen LogP contribution < -0.4 is 5.32 Å². The number of hydrogen-bond donors (Lipinski definition) is 2. The van der Waals surface area contributed by atoms with Crippen LogP contribution in [0.5, 0.6) is 5.75 Å². The molecule has 0 saturated heterocycles. The van der Waals surface area contributed by atoms with E-state index in [-0.39, 0.29) is 11.7 Å². The summed E-state index contributed by atoms with van der Waals surface area (Å²) in [5, 5.41) is 12.6. The van der Waals surface area contributed by atoms with Gasteiger partial charge in [-0.1, -0.05) is 48.5 Å². The van der Waals surface area contributed by atoms with Gasteiger partial charge in [-0.3, -0.25) is 9.79 Å². The molecule has 3 aromatic rings. The van der Waals surface area contributed by atoms with Gasteiger partial charge in [0.25, 0.3) is 0 Å². The number of carbonyl (C=O) groups excluding carboxylic acids is 1. The molecule has 3 aromatic carbocycles. The Hall–Kier alpha value is -3.40. The quantitative estimate of drug-likeness (QED) is 0.684. The van der Waals surface area contributed by atoms with E-state index in [1.54, 1.807) is 30.5 Å². The summed E-state index contributed by atoms with van der Waals surface area (Å²) >= 11 is 0. The molecule has 4 heteroatoms. The van der Waals surface area contributed by atoms with E-state index in [4.69, 9.17) is 0 Å². The van der Waals surface area contributed by atoms with Gasteiger partial charge in [0.1, 0.15) is 5.75 Å². The molecule has 0 aromatic heterocycles. The first-order valence-electron chi connectivity index (χ1n) is 7.96. The molecule has 0 unspecified atom stereocenters. The molecule has 0 bridgehead atoms. The maximum Gasteiger partial charge on any atom is 0.228 e. The zero-order chi connectivity index (χ0) is 17.5. The predicted molar refractivity (Wildman–Crippen MR) is 101 cm³/mol. The zero-order valence-corrected chi connectivity index (χ0v) is 13.6. The summed E-state index contributed by atoms with van der Waals surface area (Å²) in [5.41, 5.74) is 2.99. The van der Waals surface area contributed by atoms with Gasteiger partial charge >= 0.3 is 0 Å². The summed E-state index contributed by atoms with van der Waals surface area (Å²) in [6.45, 7) is 0. The van der Waals surface area contributed by atoms with E-state index in [9.17, 15) is 9.90 Å². The van der Waals surface area contributed by atoms with E-state index in [0.29, 0.717) is 23.4 Å². The molecule has 0 atom stereocenters. The Labute approximate surface area is 146 Å². The second-order valence-electron chi connectivity index (χ2n) is 5.58. The van der Waals surface area contributed by atoms with Crippen LogP contribution in [0.2, 0.25) is 0 Å². The molecule has 0 spiro atoms. The highest BCUT2D eigenvalue weighted by atomic mass is 16.3. The number of phenolic OH excluding ortho intramolecular Hbond substituents is 1. The Morgan fingerprint density at radius 1 is 0.960 bits per heavy atom. The molecule has 0 aliphatic rings. The molecule has 124 valence electrons. The van der Waals surface area contributed by atoms with E-state index >= 15 is 0 Å². The minimum atomic E-state index is -0.0759. The number of aliphatic imine (C=N–C) groups is 1. The Morgan fingerprint density at radius 2 is 1.72 bits per heavy atom. The topological polar surface area (TPSA) is 61.7 Å². The largest absolute Gasteiger partial charge is 0.507 e. The fourth-order valence-electron chi connectivity index (χ4n) is 2.39. The minimum absolute atomic E-state index is 0.0759. The summed E-state index contributed by atoms with van der Waals surface area (Å²) in [7, 11) is 0. The van der Waals surface area contributed by atoms with Gasteiger partial charge in [-0.25, -0.2) is 0 Å². The monoisotopic (exact) mass is 330 g/mol. The van der Waals surface area contributed by atoms with Crippen LogP contribution in [0.4, 0.5) is 11.4 Å². The first-order chi connectivity index (χ1) is 12.2. The predicted octanol–water partition coefficient (Wildman–Crippen LogP) is 4.32. The van der Waals surface area contributed by atoms with Crippen molar-refractivity contribution in [3.8, 4) is 5.75 Å². The number of hydrogen-bond acceptors (Lipinski definition) is 3. The number of nitrogens with zero attached hydrogens (tertiary/aromatic N) is 1. The van der Waals surface area contributed by atoms with Crippen molar-refractivity contribution in [3.05, 3.63) is 90.0 Å². The summed E-state index contributed by atoms with van der Waals surface area (Å²) < 4.78 is 0. The van der Waals surface area contributed by atoms with Gasteiger partial charge in [0.15, 0.2) is 0 Å². The van der Waals surface area contributed by atoms with Crippen LogP contribution in [0.3, 0.4) is 0 Å². The molecule has 0 radical (unpaired) electrons. The maximum atomic E-state index is 12.1. The van der Waals surface area contributed by atoms with Gasteiger partial charge in [0.05, 0.1) is 12.1 Å². The maximum absolute atomic E-state index is 12.1. The number of benzene rings is 3. The second kappa shape index (κ2) is 7.93. The first kappa shape index (κ1) is 16.5. The van der Waals surface area contributed by atoms with Crippen molar-refractivity contribution in [1.82, 2.24) is 0 Å². The molecular weight excluding hydrogens is 312 g/mol. The lowest BCUT2D eigenvalue weighted by atomic mass is 10.1. The number of anilines is 1. The molecule has 0 aliphatic carbocycles. The molecule has 0 heterocycles. The fraction of sp³-hybridized carbons (Fsp3) is 0.0476. The van der Waals surface area contributed by atoms with Crippen molar-refractivity contribution in [2.45, 2.75) is 6.42 Å². The normalized spacial score (nSPS) is 10.7. The Balaban J connectivity index is 1.67. The molecule has 0 fully saturated rings. The van der Waals surface area contributed by atoms with Gasteiger partial charge < -0.3 is 10.4 Å². The highest BCUT2D eigenvalue weighted by molar-refractivity contribution is 5.93. The number of nitrogens with one attached hydrogen (secondary N) is 1. The standard InChI is InChI=1S/C21H18N2O2/c24-20-12-5-4-9-17(20)15-22-18-10-6-11-19(14-18)23-21(25)13-16-7-2-1-3-8-16/h1-12,14-15,24H,13H2,(H,23,25). The molecular formula is C21H18N2O2. The second-order valence-corrected chi connectivity index (χ2v) is 5.58. The van der Waals surface area contributed by atoms with Crippen LogP contribution in [0, 0.1) is 0 Å². The Bertz CT molecular complexity index is 889. The van der Waals surface area contributed by atoms with Gasteiger partial charge in [-0.15, -0.1) is 0 Å². The van der Waals surface area contributed by atoms with E-state index in [0.717, 1.165) is 5.56 Å². The Morgan fingerprint density at radius 3 is 2.52 bits per heavy atom. The summed E-state index contributed by atoms with van der Waals surface area (Å²) in [4.78, 5) is 16.5. The number of para-hydroxylation sites is 1. The number of aromatic hydroxyl groups is 1. The van der Waals surface area contributed by atoms with Crippen LogP contribution >= 0.6 is 0 Å². The summed E-state index contributed by atoms with van der Waals surface area (Å²) in [6, 6.07) is 23.9. The average molecular weight is 330 g/mol. The molecule has 1 amide bonds. The van der Waals surface area contributed by atoms with Crippen LogP contribution in [0.1, 0.15) is 11.1 Å². The lowest BCUT2D eigenvalue weighted by Gasteiger charge is -2.06. The van der Waals surface area contributed by atoms with Crippen molar-refractivity contribution in [2.75, 3.05) is 5.32 Å². The molecule has 25 heavy (non-hydrogen) atoms. The number of phenols is 1. The summed E-state index contributed by atoms with van der Waals surface area (Å²) in [6.07, 6.45) is 1.92. The van der Waals surface area contributed by atoms with Crippen molar-refractivity contribution >= 4 is 23.5 Å². The molecule has 2 N–H and O–H groups in total. The van der Waals surface area contributed by atoms with Gasteiger partial charge in [-0.05, 0) is 35.9 Å². The van der Waals surface area contributed by atoms with Gasteiger partial charge in [0.2, 0.25) is 5.91 Å². The van der Waals surface area contributed by atoms with Crippen molar-refractivity contribution in [2.24, 2.45) is 4.99 Å². The third-order valence-corrected chi connectivity index (χ3v) is 3.63. The van der Waals surface area contributed by atoms with Crippen LogP contribution in [0.15, 0.2) is 83.9 Å². The number of rotatable bonds is 5. The van der Waals surface area contributed by atoms with E-state index in [1.807, 2.05) is 54.6 Å². The third-order valence-electron chi connectivity index (χ3n) is 3.63. The molecule has 0 saturated carbocycles. The van der Waals surface area contributed by atoms with Crippen molar-refractivity contribution < 1.29 is 9.90 Å². The minimum Gasteiger partial charge on any atom is -0.507 e. The zero-order valence-electron chi connectivity index (χ0n) is 13.6. The van der Waals surface area contributed by atoms with E-state index < -0.39 is 0 Å². The number of carbonyl (C=O) groups is 1. The van der Waals surface area contributed by atoms with Crippen molar-refractivity contribution in [3.63, 3.8) is 0 Å². The molecule has 4 nitrogen and oxygen atoms in total. The highest BCUT2D eigenvalue weighted by Gasteiger charge is 2.04. The highest BCUT2D eigenvalue weighted by Crippen LogP contribution is 2.20. The molecule has 0 aliphatic heterocycles. The Kier molecular flexibility index (Phi) is 5.22. The summed E-state index contributed by atoms with van der Waals surface area (Å²) in [5.74, 6) is 0.103. The van der Waals surface area contributed by atoms with Crippen LogP contribution in [-0.4, -0.2) is 17.2 Å². The van der Waals surface area contributed by atoms with Crippen LogP contribution in [0.25, 0.3) is 0 Å². The number of amides is 1. The SMILES string of the molecule is O=C(Cc1ccccc1)Nc1cccc(N=Cc2ccccc2O)c1. The first-order valence-corrected chi connectivity index (χ1v) is 7.96. The fourth-order valence-corrected chi connectivity index (χ4v) is 2.39. The lowest BCUT2D eigenvalue weighted by molar-refractivity contribution is -0.115. The average Bonchev–Trinajstić information content (AvgIpc) is 2.62. The lowest BCUT2D eigenvalue weighted by Crippen LogP contribution is -2.14. The van der Waals surface area contributed by atoms with Gasteiger partial charge in [-0.2, -0.15) is 0 Å². The van der Waals surface area contributed by atoms with Gasteiger partial charge in [0, 0.05) is 17.5 Å². The van der Waals surface area contributed by atoms with E-state index in [1.165, 1.54) is 0 Å².